The van der Waals surface area contributed by atoms with E-state index in [0.29, 0.717) is 29.7 Å². The van der Waals surface area contributed by atoms with Crippen molar-refractivity contribution >= 4 is 22.2 Å². The lowest BCUT2D eigenvalue weighted by Gasteiger charge is -2.17. The number of aromatic amines is 3. The molecule has 0 spiro atoms. The minimum atomic E-state index is -4.08. The third kappa shape index (κ3) is 18.0. The number of alkyl halides is 5. The maximum Gasteiger partial charge on any atom is 0.460 e. The van der Waals surface area contributed by atoms with Gasteiger partial charge >= 0.3 is 18.0 Å². The van der Waals surface area contributed by atoms with Crippen LogP contribution in [0, 0.1) is 0 Å². The molecule has 366 valence electrons. The van der Waals surface area contributed by atoms with E-state index in [1.807, 2.05) is 12.1 Å². The number of nitrogens with zero attached hydrogens (tertiary/aromatic N) is 3. The number of aryl methyl sites for hydroxylation is 1. The molecule has 1 atom stereocenters. The van der Waals surface area contributed by atoms with Crippen LogP contribution in [0.3, 0.4) is 0 Å². The van der Waals surface area contributed by atoms with Crippen LogP contribution in [0.5, 0.6) is 5.75 Å². The molecule has 3 N–H and O–H groups in total. The molecule has 0 bridgehead atoms. The van der Waals surface area contributed by atoms with Gasteiger partial charge in [0, 0.05) is 19.9 Å². The summed E-state index contributed by atoms with van der Waals surface area (Å²) in [7, 11) is 1.41. The molecule has 3 heterocycles. The van der Waals surface area contributed by atoms with Crippen LogP contribution in [0.1, 0.15) is 209 Å². The maximum absolute atomic E-state index is 15.6. The van der Waals surface area contributed by atoms with Crippen molar-refractivity contribution in [2.24, 2.45) is 7.05 Å². The average molecular weight is 927 g/mol. The first-order valence-corrected chi connectivity index (χ1v) is 25.2. The Morgan fingerprint density at radius 1 is 0.636 bits per heavy atom. The highest BCUT2D eigenvalue weighted by Crippen LogP contribution is 2.34. The van der Waals surface area contributed by atoms with Gasteiger partial charge in [0.05, 0.1) is 11.0 Å². The molecule has 0 saturated carbocycles. The van der Waals surface area contributed by atoms with Crippen molar-refractivity contribution in [3.8, 4) is 5.75 Å². The van der Waals surface area contributed by atoms with Gasteiger partial charge in [-0.3, -0.25) is 14.3 Å². The number of aromatic nitrogens is 6. The summed E-state index contributed by atoms with van der Waals surface area (Å²) in [6, 6.07) is 12.1. The molecule has 2 aromatic carbocycles. The van der Waals surface area contributed by atoms with Gasteiger partial charge in [0.2, 0.25) is 5.82 Å². The first-order chi connectivity index (χ1) is 31.8. The van der Waals surface area contributed by atoms with Crippen LogP contribution in [0.15, 0.2) is 52.1 Å². The normalized spacial score (nSPS) is 12.8. The van der Waals surface area contributed by atoms with Gasteiger partial charge in [-0.25, -0.2) is 14.8 Å². The van der Waals surface area contributed by atoms with Crippen molar-refractivity contribution in [3.05, 3.63) is 86.1 Å². The topological polar surface area (TPSA) is 121 Å². The second kappa shape index (κ2) is 27.4. The number of rotatable bonds is 34. The van der Waals surface area contributed by atoms with Crippen molar-refractivity contribution in [1.29, 1.82) is 0 Å². The third-order valence-corrected chi connectivity index (χ3v) is 13.0. The molecule has 3 aromatic heterocycles. The largest absolute Gasteiger partial charge is 0.460 e. The summed E-state index contributed by atoms with van der Waals surface area (Å²) in [5.74, 6) is -0.0845. The predicted molar refractivity (Wildman–Crippen MR) is 256 cm³/mol. The summed E-state index contributed by atoms with van der Waals surface area (Å²) in [6.45, 7) is 2.27. The maximum atomic E-state index is 15.6. The Morgan fingerprint density at radius 2 is 1.18 bits per heavy atom. The van der Waals surface area contributed by atoms with E-state index in [1.165, 1.54) is 115 Å². The van der Waals surface area contributed by atoms with Crippen LogP contribution in [0.2, 0.25) is 0 Å². The van der Waals surface area contributed by atoms with Crippen LogP contribution in [-0.4, -0.2) is 35.7 Å². The number of imidazole rings is 2. The quantitative estimate of drug-likeness (QED) is 0.0280. The number of ether oxygens (including phenoxy) is 1. The number of hydrogen-bond acceptors (Lipinski definition) is 5. The Morgan fingerprint density at radius 3 is 1.76 bits per heavy atom. The lowest BCUT2D eigenvalue weighted by Crippen LogP contribution is -2.32. The van der Waals surface area contributed by atoms with E-state index >= 15 is 8.78 Å². The molecular formula is C52H75F5N6O3. The molecule has 9 nitrogen and oxygen atoms in total. The van der Waals surface area contributed by atoms with Crippen LogP contribution >= 0.6 is 0 Å². The van der Waals surface area contributed by atoms with Crippen LogP contribution in [0.25, 0.3) is 22.2 Å². The smallest absolute Gasteiger partial charge is 0.427 e. The number of hydrogen-bond donors (Lipinski definition) is 3. The van der Waals surface area contributed by atoms with E-state index in [0.717, 1.165) is 79.9 Å². The second-order valence-electron chi connectivity index (χ2n) is 18.6. The summed E-state index contributed by atoms with van der Waals surface area (Å²) in [5, 5.41) is 0. The highest BCUT2D eigenvalue weighted by Gasteiger charge is 2.39. The molecule has 5 aromatic rings. The minimum Gasteiger partial charge on any atom is -0.427 e. The first kappa shape index (κ1) is 52.5. The van der Waals surface area contributed by atoms with Crippen molar-refractivity contribution in [3.63, 3.8) is 0 Å². The SMILES string of the molecule is CCCCCCCCCCCCCCCCCCCCC(Cc1nc2[nH]c(=O)n(C)c(=O)c2[nH]1)c1ccc2nc(C(F)(F)Oc3ccc(CCCCCCCCCC(F)(F)F)cc3)[nH]c2c1. The molecule has 0 radical (unpaired) electrons. The monoisotopic (exact) mass is 927 g/mol. The van der Waals surface area contributed by atoms with Crippen LogP contribution < -0.4 is 16.0 Å². The third-order valence-electron chi connectivity index (χ3n) is 13.0. The standard InChI is InChI=1S/C52H75F5N6O3/c1-3-4-5-6-7-8-9-10-11-12-13-14-15-16-17-20-23-26-29-40(38-45-60-46-47(61-45)62-50(65)63(2)48(46)64)41-32-35-43-44(37-41)59-49(58-43)52(56,57)66-42-33-30-39(31-34-42)28-25-22-19-18-21-24-27-36-51(53,54)55/h30-35,37,40H,3-29,36,38H2,1-2H3,(H,58,59)(H,60,61)(H,62,65). The van der Waals surface area contributed by atoms with Gasteiger partial charge in [0.15, 0.2) is 5.65 Å². The van der Waals surface area contributed by atoms with E-state index in [1.54, 1.807) is 18.2 Å². The fourth-order valence-electron chi connectivity index (χ4n) is 9.00. The zero-order chi connectivity index (χ0) is 47.2. The second-order valence-corrected chi connectivity index (χ2v) is 18.6. The fourth-order valence-corrected chi connectivity index (χ4v) is 9.00. The van der Waals surface area contributed by atoms with E-state index in [2.05, 4.69) is 31.8 Å². The molecule has 0 aliphatic heterocycles. The van der Waals surface area contributed by atoms with Crippen molar-refractivity contribution in [1.82, 2.24) is 29.5 Å². The van der Waals surface area contributed by atoms with E-state index < -0.39 is 35.8 Å². The first-order valence-electron chi connectivity index (χ1n) is 25.2. The van der Waals surface area contributed by atoms with Gasteiger partial charge in [0.1, 0.15) is 17.1 Å². The lowest BCUT2D eigenvalue weighted by molar-refractivity contribution is -0.191. The minimum absolute atomic E-state index is 0.00942. The van der Waals surface area contributed by atoms with Gasteiger partial charge in [-0.2, -0.15) is 22.0 Å². The molecule has 14 heteroatoms. The van der Waals surface area contributed by atoms with Gasteiger partial charge < -0.3 is 14.7 Å². The Kier molecular flexibility index (Phi) is 21.8. The number of benzene rings is 2. The number of unbranched alkanes of at least 4 members (excludes halogenated alkanes) is 23. The van der Waals surface area contributed by atoms with Gasteiger partial charge in [-0.15, -0.1) is 0 Å². The highest BCUT2D eigenvalue weighted by molar-refractivity contribution is 5.76. The summed E-state index contributed by atoms with van der Waals surface area (Å²) < 4.78 is 74.3. The van der Waals surface area contributed by atoms with E-state index in [4.69, 9.17) is 4.74 Å². The van der Waals surface area contributed by atoms with Crippen LogP contribution in [0.4, 0.5) is 22.0 Å². The molecule has 0 aliphatic rings. The predicted octanol–water partition coefficient (Wildman–Crippen LogP) is 14.9. The number of fused-ring (bicyclic) bond motifs is 2. The molecule has 1 unspecified atom stereocenters. The van der Waals surface area contributed by atoms with Crippen molar-refractivity contribution in [2.45, 2.75) is 211 Å². The van der Waals surface area contributed by atoms with E-state index in [-0.39, 0.29) is 29.3 Å². The molecule has 0 amide bonds. The highest BCUT2D eigenvalue weighted by atomic mass is 19.4. The lowest BCUT2D eigenvalue weighted by atomic mass is 9.89. The summed E-state index contributed by atoms with van der Waals surface area (Å²) in [5.41, 5.74) is 2.19. The molecule has 0 saturated heterocycles. The summed E-state index contributed by atoms with van der Waals surface area (Å²) in [4.78, 5) is 42.5. The van der Waals surface area contributed by atoms with Crippen molar-refractivity contribution < 1.29 is 26.7 Å². The summed E-state index contributed by atoms with van der Waals surface area (Å²) >= 11 is 0. The van der Waals surface area contributed by atoms with Gasteiger partial charge in [-0.1, -0.05) is 173 Å². The Bertz CT molecular complexity index is 2260. The number of H-pyrrole nitrogens is 3. The summed E-state index contributed by atoms with van der Waals surface area (Å²) in [6.07, 6.45) is 22.0. The molecule has 0 aliphatic carbocycles. The van der Waals surface area contributed by atoms with Crippen LogP contribution in [-0.2, 0) is 26.0 Å². The molecule has 5 rings (SSSR count). The zero-order valence-corrected chi connectivity index (χ0v) is 39.6. The average Bonchev–Trinajstić information content (AvgIpc) is 3.91. The molecular weight excluding hydrogens is 852 g/mol. The zero-order valence-electron chi connectivity index (χ0n) is 39.6. The van der Waals surface area contributed by atoms with Gasteiger partial charge in [-0.05, 0) is 67.0 Å². The Hall–Kier alpha value is -4.49. The molecule has 66 heavy (non-hydrogen) atoms. The van der Waals surface area contributed by atoms with Gasteiger partial charge in [0.25, 0.3) is 5.56 Å². The Balaban J connectivity index is 1.10. The van der Waals surface area contributed by atoms with Crippen molar-refractivity contribution in [2.75, 3.05) is 0 Å². The fraction of sp³-hybridized carbons (Fsp3) is 0.654. The number of halogens is 5. The molecule has 0 fully saturated rings. The number of nitrogens with one attached hydrogen (secondary N) is 3. The Labute approximate surface area is 387 Å². The van der Waals surface area contributed by atoms with E-state index in [9.17, 15) is 22.8 Å².